The van der Waals surface area contributed by atoms with E-state index in [4.69, 9.17) is 15.0 Å². The molecule has 0 saturated carbocycles. The molecule has 62 heavy (non-hydrogen) atoms. The van der Waals surface area contributed by atoms with Crippen LogP contribution in [0.2, 0.25) is 0 Å². The van der Waals surface area contributed by atoms with E-state index in [9.17, 15) is 0 Å². The normalized spacial score (nSPS) is 12.9. The zero-order valence-electron chi connectivity index (χ0n) is 33.4. The van der Waals surface area contributed by atoms with E-state index in [1.165, 1.54) is 43.2 Å². The highest BCUT2D eigenvalue weighted by Crippen LogP contribution is 2.63. The second kappa shape index (κ2) is 14.7. The van der Waals surface area contributed by atoms with Crippen LogP contribution >= 0.6 is 11.8 Å². The fourth-order valence-corrected chi connectivity index (χ4v) is 10.6. The van der Waals surface area contributed by atoms with Gasteiger partial charge in [-0.15, -0.1) is 0 Å². The molecule has 0 N–H and O–H groups in total. The first-order valence-electron chi connectivity index (χ1n) is 20.7. The average molecular weight is 810 g/mol. The SMILES string of the molecule is c1ccc(-c2cc(-c3ccc4c(c3)-c3cc(-c5ccc(-c6cccnc6)nc5-c5cccnc5)ccc3C43c4ccccc4Sc4ccccc43)nc(-c3ccccc3)n2)cc1. The Hall–Kier alpha value is -7.80. The molecular weight excluding hydrogens is 775 g/mol. The average Bonchev–Trinajstić information content (AvgIpc) is 3.64. The molecule has 12 rings (SSSR count). The Labute approximate surface area is 364 Å². The molecule has 1 spiro atoms. The molecule has 0 bridgehead atoms. The first-order valence-corrected chi connectivity index (χ1v) is 21.5. The summed E-state index contributed by atoms with van der Waals surface area (Å²) >= 11 is 1.86. The van der Waals surface area contributed by atoms with Gasteiger partial charge in [0, 0.05) is 68.0 Å². The van der Waals surface area contributed by atoms with Gasteiger partial charge in [-0.3, -0.25) is 9.97 Å². The lowest BCUT2D eigenvalue weighted by Crippen LogP contribution is -2.31. The Morgan fingerprint density at radius 1 is 0.339 bits per heavy atom. The number of hydrogen-bond acceptors (Lipinski definition) is 6. The third-order valence-electron chi connectivity index (χ3n) is 12.2. The first-order chi connectivity index (χ1) is 30.7. The Morgan fingerprint density at radius 2 is 0.887 bits per heavy atom. The highest BCUT2D eigenvalue weighted by atomic mass is 32.2. The summed E-state index contributed by atoms with van der Waals surface area (Å²) in [6, 6.07) is 66.9. The molecule has 0 amide bonds. The van der Waals surface area contributed by atoms with Crippen LogP contribution in [0.1, 0.15) is 22.3 Å². The second-order valence-electron chi connectivity index (χ2n) is 15.6. The lowest BCUT2D eigenvalue weighted by atomic mass is 9.67. The van der Waals surface area contributed by atoms with Gasteiger partial charge in [0.05, 0.1) is 28.2 Å². The molecule has 1 aliphatic carbocycles. The van der Waals surface area contributed by atoms with Crippen molar-refractivity contribution in [3.05, 3.63) is 235 Å². The quantitative estimate of drug-likeness (QED) is 0.167. The predicted octanol–water partition coefficient (Wildman–Crippen LogP) is 13.5. The molecule has 5 nitrogen and oxygen atoms in total. The molecular formula is C56H35N5S. The van der Waals surface area contributed by atoms with Crippen LogP contribution in [0.25, 0.3) is 78.7 Å². The largest absolute Gasteiger partial charge is 0.264 e. The lowest BCUT2D eigenvalue weighted by Gasteiger charge is -2.39. The number of benzene rings is 6. The number of pyridine rings is 3. The molecule has 0 unspecified atom stereocenters. The maximum absolute atomic E-state index is 5.29. The molecule has 10 aromatic rings. The van der Waals surface area contributed by atoms with Crippen LogP contribution < -0.4 is 0 Å². The summed E-state index contributed by atoms with van der Waals surface area (Å²) in [5.41, 5.74) is 17.5. The van der Waals surface area contributed by atoms with Gasteiger partial charge >= 0.3 is 0 Å². The van der Waals surface area contributed by atoms with Gasteiger partial charge in [0.15, 0.2) is 5.82 Å². The minimum atomic E-state index is -0.537. The van der Waals surface area contributed by atoms with E-state index < -0.39 is 5.41 Å². The maximum atomic E-state index is 5.29. The topological polar surface area (TPSA) is 64.5 Å². The van der Waals surface area contributed by atoms with Gasteiger partial charge < -0.3 is 0 Å². The third kappa shape index (κ3) is 5.83. The lowest BCUT2D eigenvalue weighted by molar-refractivity contribution is 0.722. The van der Waals surface area contributed by atoms with Crippen LogP contribution in [-0.2, 0) is 5.41 Å². The predicted molar refractivity (Wildman–Crippen MR) is 249 cm³/mol. The number of fused-ring (bicyclic) bond motifs is 9. The Morgan fingerprint density at radius 3 is 1.53 bits per heavy atom. The molecule has 6 aromatic carbocycles. The molecule has 4 aromatic heterocycles. The van der Waals surface area contributed by atoms with Crippen LogP contribution in [-0.4, -0.2) is 24.9 Å². The molecule has 5 heterocycles. The zero-order valence-corrected chi connectivity index (χ0v) is 34.2. The standard InChI is InChI=1S/C56H35N5S/c1-3-13-36(14-4-1)50-33-51(61-55(60-50)37-15-5-2-6-16-37)39-24-27-46-44(32-39)43-31-38(42-25-28-49(40-17-11-29-57-34-40)59-54(42)41-18-12-30-58-35-41)23-26-45(43)56(46)47-19-7-9-21-52(47)62-53-22-10-8-20-48(53)56/h1-35H. The summed E-state index contributed by atoms with van der Waals surface area (Å²) in [5.74, 6) is 0.693. The van der Waals surface area contributed by atoms with Crippen molar-refractivity contribution < 1.29 is 0 Å². The third-order valence-corrected chi connectivity index (χ3v) is 13.3. The van der Waals surface area contributed by atoms with Crippen molar-refractivity contribution in [2.24, 2.45) is 0 Å². The zero-order chi connectivity index (χ0) is 41.0. The van der Waals surface area contributed by atoms with Crippen molar-refractivity contribution >= 4 is 11.8 Å². The van der Waals surface area contributed by atoms with Crippen molar-refractivity contribution in [3.8, 4) is 78.7 Å². The van der Waals surface area contributed by atoms with E-state index in [0.717, 1.165) is 61.7 Å². The molecule has 290 valence electrons. The van der Waals surface area contributed by atoms with Gasteiger partial charge in [-0.25, -0.2) is 15.0 Å². The van der Waals surface area contributed by atoms with Crippen molar-refractivity contribution in [1.82, 2.24) is 24.9 Å². The van der Waals surface area contributed by atoms with E-state index >= 15 is 0 Å². The monoisotopic (exact) mass is 809 g/mol. The summed E-state index contributed by atoms with van der Waals surface area (Å²) in [6.45, 7) is 0. The minimum absolute atomic E-state index is 0.537. The molecule has 0 fully saturated rings. The highest BCUT2D eigenvalue weighted by Gasteiger charge is 2.50. The number of rotatable bonds is 6. The van der Waals surface area contributed by atoms with Gasteiger partial charge in [-0.2, -0.15) is 0 Å². The molecule has 1 aliphatic heterocycles. The van der Waals surface area contributed by atoms with Crippen molar-refractivity contribution in [1.29, 1.82) is 0 Å². The van der Waals surface area contributed by atoms with E-state index in [1.54, 1.807) is 12.4 Å². The molecule has 0 atom stereocenters. The number of aromatic nitrogens is 5. The summed E-state index contributed by atoms with van der Waals surface area (Å²) in [5, 5.41) is 0. The van der Waals surface area contributed by atoms with E-state index in [0.29, 0.717) is 5.82 Å². The summed E-state index contributed by atoms with van der Waals surface area (Å²) in [4.78, 5) is 27.1. The number of hydrogen-bond donors (Lipinski definition) is 0. The smallest absolute Gasteiger partial charge is 0.160 e. The highest BCUT2D eigenvalue weighted by molar-refractivity contribution is 7.99. The summed E-state index contributed by atoms with van der Waals surface area (Å²) < 4.78 is 0. The van der Waals surface area contributed by atoms with E-state index in [-0.39, 0.29) is 0 Å². The van der Waals surface area contributed by atoms with Gasteiger partial charge in [-0.05, 0) is 99.6 Å². The maximum Gasteiger partial charge on any atom is 0.160 e. The van der Waals surface area contributed by atoms with Crippen LogP contribution in [0.5, 0.6) is 0 Å². The minimum Gasteiger partial charge on any atom is -0.264 e. The fourth-order valence-electron chi connectivity index (χ4n) is 9.39. The van der Waals surface area contributed by atoms with Gasteiger partial charge in [0.2, 0.25) is 0 Å². The molecule has 0 saturated heterocycles. The summed E-state index contributed by atoms with van der Waals surface area (Å²) in [6.07, 6.45) is 7.35. The van der Waals surface area contributed by atoms with Crippen molar-refractivity contribution in [2.75, 3.05) is 0 Å². The van der Waals surface area contributed by atoms with Gasteiger partial charge in [0.25, 0.3) is 0 Å². The van der Waals surface area contributed by atoms with E-state index in [2.05, 4.69) is 156 Å². The molecule has 6 heteroatoms. The molecule has 2 aliphatic rings. The number of nitrogens with zero attached hydrogens (tertiary/aromatic N) is 5. The van der Waals surface area contributed by atoms with Crippen LogP contribution in [0.3, 0.4) is 0 Å². The van der Waals surface area contributed by atoms with E-state index in [1.807, 2.05) is 66.6 Å². The Bertz CT molecular complexity index is 3220. The Kier molecular flexibility index (Phi) is 8.57. The van der Waals surface area contributed by atoms with Crippen molar-refractivity contribution in [2.45, 2.75) is 15.2 Å². The van der Waals surface area contributed by atoms with Crippen LogP contribution in [0, 0.1) is 0 Å². The van der Waals surface area contributed by atoms with Crippen LogP contribution in [0.15, 0.2) is 223 Å². The van der Waals surface area contributed by atoms with Gasteiger partial charge in [0.1, 0.15) is 0 Å². The fraction of sp³-hybridized carbons (Fsp3) is 0.0179. The first kappa shape index (κ1) is 36.1. The van der Waals surface area contributed by atoms with Gasteiger partial charge in [-0.1, -0.05) is 139 Å². The Balaban J connectivity index is 1.11. The van der Waals surface area contributed by atoms with Crippen molar-refractivity contribution in [3.63, 3.8) is 0 Å². The summed E-state index contributed by atoms with van der Waals surface area (Å²) in [7, 11) is 0. The van der Waals surface area contributed by atoms with Crippen LogP contribution in [0.4, 0.5) is 0 Å². The molecule has 0 radical (unpaired) electrons. The second-order valence-corrected chi connectivity index (χ2v) is 16.7.